The number of amides is 1. The summed E-state index contributed by atoms with van der Waals surface area (Å²) in [5.74, 6) is -1.70. The molecular weight excluding hydrogens is 474 g/mol. The monoisotopic (exact) mass is 505 g/mol. The molecule has 3 aromatic carbocycles. The first kappa shape index (κ1) is 25.9. The molecule has 1 N–H and O–H groups in total. The van der Waals surface area contributed by atoms with Gasteiger partial charge < -0.3 is 14.7 Å². The van der Waals surface area contributed by atoms with Crippen molar-refractivity contribution in [2.24, 2.45) is 0 Å². The molecular formula is C30H32ClNO4. The van der Waals surface area contributed by atoms with E-state index in [1.165, 1.54) is 0 Å². The third kappa shape index (κ3) is 6.34. The number of aliphatic carboxylic acids is 1. The van der Waals surface area contributed by atoms with Crippen LogP contribution in [0.5, 0.6) is 0 Å². The molecule has 0 aliphatic carbocycles. The van der Waals surface area contributed by atoms with Crippen molar-refractivity contribution in [3.63, 3.8) is 0 Å². The lowest BCUT2D eigenvalue weighted by atomic mass is 9.85. The quantitative estimate of drug-likeness (QED) is 0.370. The number of hydrogen-bond donors (Lipinski definition) is 1. The molecule has 0 spiro atoms. The molecule has 0 radical (unpaired) electrons. The lowest BCUT2D eigenvalue weighted by Gasteiger charge is -2.43. The number of hydrogen-bond acceptors (Lipinski definition) is 3. The van der Waals surface area contributed by atoms with Gasteiger partial charge in [0.2, 0.25) is 5.91 Å². The van der Waals surface area contributed by atoms with Gasteiger partial charge in [-0.2, -0.15) is 0 Å². The minimum absolute atomic E-state index is 0.152. The number of piperidine rings is 1. The number of halogens is 1. The van der Waals surface area contributed by atoms with Gasteiger partial charge in [0.25, 0.3) is 0 Å². The van der Waals surface area contributed by atoms with Crippen molar-refractivity contribution in [3.8, 4) is 0 Å². The summed E-state index contributed by atoms with van der Waals surface area (Å²) < 4.78 is 6.10. The zero-order chi connectivity index (χ0) is 25.5. The highest BCUT2D eigenvalue weighted by molar-refractivity contribution is 6.30. The van der Waals surface area contributed by atoms with Crippen LogP contribution in [0.3, 0.4) is 0 Å². The molecule has 1 aliphatic heterocycles. The molecule has 1 fully saturated rings. The lowest BCUT2D eigenvalue weighted by Crippen LogP contribution is -2.55. The van der Waals surface area contributed by atoms with E-state index in [1.807, 2.05) is 91.9 Å². The molecule has 0 saturated carbocycles. The van der Waals surface area contributed by atoms with Gasteiger partial charge in [-0.25, -0.2) is 4.79 Å². The van der Waals surface area contributed by atoms with E-state index in [-0.39, 0.29) is 18.1 Å². The Morgan fingerprint density at radius 2 is 1.53 bits per heavy atom. The lowest BCUT2D eigenvalue weighted by molar-refractivity contribution is -0.156. The highest BCUT2D eigenvalue weighted by Gasteiger charge is 2.42. The van der Waals surface area contributed by atoms with Gasteiger partial charge in [-0.3, -0.25) is 4.79 Å². The summed E-state index contributed by atoms with van der Waals surface area (Å²) in [5, 5.41) is 10.7. The molecule has 1 heterocycles. The molecule has 1 aliphatic rings. The number of carbonyl (C=O) groups excluding carboxylic acids is 1. The van der Waals surface area contributed by atoms with Crippen LogP contribution in [0.15, 0.2) is 84.9 Å². The highest BCUT2D eigenvalue weighted by Crippen LogP contribution is 2.34. The number of carbonyl (C=O) groups is 2. The first-order valence-electron chi connectivity index (χ1n) is 12.4. The van der Waals surface area contributed by atoms with Crippen LogP contribution in [-0.4, -0.2) is 40.1 Å². The number of carboxylic acids is 1. The zero-order valence-corrected chi connectivity index (χ0v) is 21.2. The Morgan fingerprint density at radius 1 is 0.944 bits per heavy atom. The molecule has 3 atom stereocenters. The predicted octanol–water partition coefficient (Wildman–Crippen LogP) is 6.30. The van der Waals surface area contributed by atoms with E-state index in [2.05, 4.69) is 0 Å². The number of benzene rings is 3. The average molecular weight is 506 g/mol. The van der Waals surface area contributed by atoms with Gasteiger partial charge in [-0.1, -0.05) is 84.4 Å². The minimum atomic E-state index is -0.956. The van der Waals surface area contributed by atoms with Crippen LogP contribution < -0.4 is 0 Å². The second-order valence-corrected chi connectivity index (χ2v) is 9.86. The van der Waals surface area contributed by atoms with Crippen LogP contribution in [0.1, 0.15) is 55.2 Å². The molecule has 1 saturated heterocycles. The first-order chi connectivity index (χ1) is 17.4. The molecule has 4 rings (SSSR count). The second kappa shape index (κ2) is 12.2. The summed E-state index contributed by atoms with van der Waals surface area (Å²) in [6.07, 6.45) is 2.38. The maximum Gasteiger partial charge on any atom is 0.326 e. The summed E-state index contributed by atoms with van der Waals surface area (Å²) in [5.41, 5.74) is 2.72. The standard InChI is InChI=1S/C30H32ClNO4/c1-21(36-20-22-15-17-25(31)18-16-22)19-26-13-8-14-27(30(34)35)32(26)29(33)28(23-9-4-2-5-10-23)24-11-6-3-7-12-24/h2-7,9-12,15-18,21,26-28H,8,13-14,19-20H2,1H3,(H,34,35)/t21?,26-,27-/m0/s1. The fraction of sp³-hybridized carbons (Fsp3) is 0.333. The molecule has 5 nitrogen and oxygen atoms in total. The Bertz CT molecular complexity index is 1100. The summed E-state index contributed by atoms with van der Waals surface area (Å²) in [6, 6.07) is 25.6. The van der Waals surface area contributed by atoms with E-state index in [4.69, 9.17) is 16.3 Å². The van der Waals surface area contributed by atoms with Crippen LogP contribution in [0.2, 0.25) is 5.02 Å². The Morgan fingerprint density at radius 3 is 2.08 bits per heavy atom. The van der Waals surface area contributed by atoms with E-state index in [1.54, 1.807) is 4.90 Å². The number of ether oxygens (including phenoxy) is 1. The zero-order valence-electron chi connectivity index (χ0n) is 20.4. The van der Waals surface area contributed by atoms with Crippen molar-refractivity contribution in [2.45, 2.75) is 63.3 Å². The van der Waals surface area contributed by atoms with Gasteiger partial charge in [-0.15, -0.1) is 0 Å². The first-order valence-corrected chi connectivity index (χ1v) is 12.8. The third-order valence-electron chi connectivity index (χ3n) is 6.85. The van der Waals surface area contributed by atoms with E-state index in [0.29, 0.717) is 24.5 Å². The van der Waals surface area contributed by atoms with Crippen molar-refractivity contribution < 1.29 is 19.4 Å². The van der Waals surface area contributed by atoms with Crippen LogP contribution >= 0.6 is 11.6 Å². The number of carboxylic acid groups (broad SMARTS) is 1. The smallest absolute Gasteiger partial charge is 0.326 e. The Labute approximate surface area is 217 Å². The van der Waals surface area contributed by atoms with Gasteiger partial charge >= 0.3 is 5.97 Å². The summed E-state index contributed by atoms with van der Waals surface area (Å²) in [4.78, 5) is 28.2. The van der Waals surface area contributed by atoms with Crippen LogP contribution in [0.25, 0.3) is 0 Å². The van der Waals surface area contributed by atoms with E-state index < -0.39 is 17.9 Å². The molecule has 0 aromatic heterocycles. The molecule has 3 aromatic rings. The van der Waals surface area contributed by atoms with Gasteiger partial charge in [-0.05, 0) is 61.4 Å². The van der Waals surface area contributed by atoms with Gasteiger partial charge in [0.1, 0.15) is 6.04 Å². The summed E-state index contributed by atoms with van der Waals surface area (Å²) in [6.45, 7) is 2.41. The molecule has 6 heteroatoms. The normalized spacial score (nSPS) is 18.7. The van der Waals surface area contributed by atoms with Crippen molar-refractivity contribution in [1.29, 1.82) is 0 Å². The van der Waals surface area contributed by atoms with Gasteiger partial charge in [0, 0.05) is 11.1 Å². The molecule has 1 amide bonds. The maximum absolute atomic E-state index is 14.2. The molecule has 1 unspecified atom stereocenters. The van der Waals surface area contributed by atoms with E-state index >= 15 is 0 Å². The van der Waals surface area contributed by atoms with Crippen molar-refractivity contribution in [2.75, 3.05) is 0 Å². The Kier molecular flexibility index (Phi) is 8.79. The fourth-order valence-electron chi connectivity index (χ4n) is 5.07. The largest absolute Gasteiger partial charge is 0.480 e. The topological polar surface area (TPSA) is 66.8 Å². The second-order valence-electron chi connectivity index (χ2n) is 9.42. The Hall–Kier alpha value is -3.15. The van der Waals surface area contributed by atoms with Crippen LogP contribution in [0, 0.1) is 0 Å². The van der Waals surface area contributed by atoms with Crippen molar-refractivity contribution in [1.82, 2.24) is 4.90 Å². The van der Waals surface area contributed by atoms with Crippen LogP contribution in [0.4, 0.5) is 0 Å². The summed E-state index contributed by atoms with van der Waals surface area (Å²) >= 11 is 5.98. The summed E-state index contributed by atoms with van der Waals surface area (Å²) in [7, 11) is 0. The van der Waals surface area contributed by atoms with E-state index in [9.17, 15) is 14.7 Å². The third-order valence-corrected chi connectivity index (χ3v) is 7.10. The van der Waals surface area contributed by atoms with E-state index in [0.717, 1.165) is 29.5 Å². The number of likely N-dealkylation sites (tertiary alicyclic amines) is 1. The van der Waals surface area contributed by atoms with Gasteiger partial charge in [0.15, 0.2) is 0 Å². The van der Waals surface area contributed by atoms with Crippen molar-refractivity contribution >= 4 is 23.5 Å². The van der Waals surface area contributed by atoms with Crippen LogP contribution in [-0.2, 0) is 20.9 Å². The maximum atomic E-state index is 14.2. The SMILES string of the molecule is CC(C[C@@H]1CCC[C@@H](C(=O)O)N1C(=O)C(c1ccccc1)c1ccccc1)OCc1ccc(Cl)cc1. The molecule has 188 valence electrons. The van der Waals surface area contributed by atoms with Crippen molar-refractivity contribution in [3.05, 3.63) is 107 Å². The number of rotatable bonds is 9. The minimum Gasteiger partial charge on any atom is -0.480 e. The highest BCUT2D eigenvalue weighted by atomic mass is 35.5. The fourth-order valence-corrected chi connectivity index (χ4v) is 5.20. The van der Waals surface area contributed by atoms with Gasteiger partial charge in [0.05, 0.1) is 18.6 Å². The molecule has 36 heavy (non-hydrogen) atoms. The number of nitrogens with zero attached hydrogens (tertiary/aromatic N) is 1. The average Bonchev–Trinajstić information content (AvgIpc) is 2.89. The Balaban J connectivity index is 1.58. The molecule has 0 bridgehead atoms. The predicted molar refractivity (Wildman–Crippen MR) is 141 cm³/mol.